The van der Waals surface area contributed by atoms with E-state index in [0.717, 1.165) is 22.6 Å². The lowest BCUT2D eigenvalue weighted by molar-refractivity contribution is 0.173. The summed E-state index contributed by atoms with van der Waals surface area (Å²) < 4.78 is 17.1. The Kier molecular flexibility index (Phi) is 3.56. The molecule has 2 aliphatic heterocycles. The second-order valence-electron chi connectivity index (χ2n) is 5.75. The highest BCUT2D eigenvalue weighted by atomic mass is 32.2. The Hall–Kier alpha value is -3.00. The minimum absolute atomic E-state index is 0.234. The fraction of sp³-hybridized carbons (Fsp3) is 0.167. The number of aromatic nitrogens is 3. The molecule has 0 amide bonds. The normalized spacial score (nSPS) is 16.7. The highest BCUT2D eigenvalue weighted by Gasteiger charge is 2.27. The van der Waals surface area contributed by atoms with Crippen LogP contribution < -0.4 is 19.5 Å². The molecule has 7 nitrogen and oxygen atoms in total. The minimum atomic E-state index is -0.446. The Morgan fingerprint density at radius 1 is 1.08 bits per heavy atom. The van der Waals surface area contributed by atoms with E-state index in [-0.39, 0.29) is 6.79 Å². The first-order valence-corrected chi connectivity index (χ1v) is 9.25. The maximum atomic E-state index is 6.19. The molecule has 0 saturated heterocycles. The molecule has 3 heterocycles. The van der Waals surface area contributed by atoms with Crippen LogP contribution in [0.4, 0.5) is 5.69 Å². The van der Waals surface area contributed by atoms with Crippen molar-refractivity contribution in [1.82, 2.24) is 15.2 Å². The molecular weight excluding hydrogens is 352 g/mol. The van der Waals surface area contributed by atoms with Gasteiger partial charge in [-0.25, -0.2) is 0 Å². The van der Waals surface area contributed by atoms with Gasteiger partial charge in [-0.1, -0.05) is 30.0 Å². The number of para-hydroxylation sites is 1. The average Bonchev–Trinajstić information content (AvgIpc) is 3.09. The second-order valence-corrected chi connectivity index (χ2v) is 6.53. The van der Waals surface area contributed by atoms with Crippen LogP contribution in [0.5, 0.6) is 17.4 Å². The zero-order valence-electron chi connectivity index (χ0n) is 13.8. The molecule has 5 rings (SSSR count). The number of rotatable bonds is 2. The molecule has 2 aromatic carbocycles. The van der Waals surface area contributed by atoms with Gasteiger partial charge in [-0.3, -0.25) is 0 Å². The van der Waals surface area contributed by atoms with Crippen LogP contribution in [-0.4, -0.2) is 28.2 Å². The number of nitrogens with zero attached hydrogens (tertiary/aromatic N) is 3. The topological polar surface area (TPSA) is 78.4 Å². The van der Waals surface area contributed by atoms with Crippen LogP contribution in [0.3, 0.4) is 0 Å². The van der Waals surface area contributed by atoms with Crippen molar-refractivity contribution in [3.63, 3.8) is 0 Å². The van der Waals surface area contributed by atoms with E-state index >= 15 is 0 Å². The highest BCUT2D eigenvalue weighted by Crippen LogP contribution is 2.41. The smallest absolute Gasteiger partial charge is 0.247 e. The summed E-state index contributed by atoms with van der Waals surface area (Å²) in [7, 11) is 0. The van der Waals surface area contributed by atoms with Gasteiger partial charge in [0.05, 0.1) is 0 Å². The van der Waals surface area contributed by atoms with Gasteiger partial charge in [-0.05, 0) is 30.5 Å². The third kappa shape index (κ3) is 2.50. The molecule has 130 valence electrons. The van der Waals surface area contributed by atoms with E-state index in [4.69, 9.17) is 14.2 Å². The number of nitrogens with one attached hydrogen (secondary N) is 1. The van der Waals surface area contributed by atoms with Crippen molar-refractivity contribution >= 4 is 17.4 Å². The monoisotopic (exact) mass is 366 g/mol. The molecule has 26 heavy (non-hydrogen) atoms. The number of ether oxygens (including phenoxy) is 3. The SMILES string of the molecule is CSc1nnc2c(n1)O[C@@H](c1ccc3c(c1)OCO3)Nc1ccccc1-2. The van der Waals surface area contributed by atoms with Gasteiger partial charge in [0.25, 0.3) is 0 Å². The lowest BCUT2D eigenvalue weighted by Crippen LogP contribution is -2.17. The zero-order valence-corrected chi connectivity index (χ0v) is 14.6. The minimum Gasteiger partial charge on any atom is -0.454 e. The molecule has 1 aromatic heterocycles. The van der Waals surface area contributed by atoms with Gasteiger partial charge in [0, 0.05) is 16.8 Å². The van der Waals surface area contributed by atoms with E-state index < -0.39 is 6.23 Å². The molecular formula is C18H14N4O3S. The van der Waals surface area contributed by atoms with Gasteiger partial charge < -0.3 is 19.5 Å². The van der Waals surface area contributed by atoms with E-state index in [9.17, 15) is 0 Å². The Morgan fingerprint density at radius 2 is 1.96 bits per heavy atom. The molecule has 0 fully saturated rings. The van der Waals surface area contributed by atoms with E-state index in [1.54, 1.807) is 0 Å². The largest absolute Gasteiger partial charge is 0.454 e. The quantitative estimate of drug-likeness (QED) is 0.691. The van der Waals surface area contributed by atoms with Gasteiger partial charge in [0.2, 0.25) is 17.8 Å². The highest BCUT2D eigenvalue weighted by molar-refractivity contribution is 7.98. The van der Waals surface area contributed by atoms with Crippen LogP contribution in [-0.2, 0) is 0 Å². The molecule has 1 atom stereocenters. The van der Waals surface area contributed by atoms with Gasteiger partial charge in [-0.2, -0.15) is 4.98 Å². The van der Waals surface area contributed by atoms with Crippen molar-refractivity contribution in [1.29, 1.82) is 0 Å². The van der Waals surface area contributed by atoms with Crippen LogP contribution in [0.2, 0.25) is 0 Å². The van der Waals surface area contributed by atoms with Crippen molar-refractivity contribution < 1.29 is 14.2 Å². The van der Waals surface area contributed by atoms with Gasteiger partial charge in [-0.15, -0.1) is 10.2 Å². The molecule has 0 bridgehead atoms. The van der Waals surface area contributed by atoms with Crippen LogP contribution in [0, 0.1) is 0 Å². The maximum absolute atomic E-state index is 6.19. The van der Waals surface area contributed by atoms with Crippen molar-refractivity contribution in [2.24, 2.45) is 0 Å². The second kappa shape index (κ2) is 6.06. The first-order valence-electron chi connectivity index (χ1n) is 8.02. The number of hydrogen-bond donors (Lipinski definition) is 1. The molecule has 0 radical (unpaired) electrons. The van der Waals surface area contributed by atoms with Gasteiger partial charge >= 0.3 is 0 Å². The number of hydrogen-bond acceptors (Lipinski definition) is 8. The zero-order chi connectivity index (χ0) is 17.5. The van der Waals surface area contributed by atoms with E-state index in [1.807, 2.05) is 48.7 Å². The van der Waals surface area contributed by atoms with Crippen molar-refractivity contribution in [2.75, 3.05) is 18.4 Å². The first kappa shape index (κ1) is 15.3. The number of anilines is 1. The summed E-state index contributed by atoms with van der Waals surface area (Å²) in [5, 5.41) is 12.5. The molecule has 0 saturated carbocycles. The van der Waals surface area contributed by atoms with Crippen LogP contribution in [0.1, 0.15) is 11.8 Å². The Morgan fingerprint density at radius 3 is 2.88 bits per heavy atom. The third-order valence-electron chi connectivity index (χ3n) is 4.22. The molecule has 8 heteroatoms. The number of benzene rings is 2. The average molecular weight is 366 g/mol. The summed E-state index contributed by atoms with van der Waals surface area (Å²) in [5.41, 5.74) is 3.33. The fourth-order valence-electron chi connectivity index (χ4n) is 2.96. The summed E-state index contributed by atoms with van der Waals surface area (Å²) in [6.07, 6.45) is 1.46. The Balaban J connectivity index is 1.63. The fourth-order valence-corrected chi connectivity index (χ4v) is 3.26. The summed E-state index contributed by atoms with van der Waals surface area (Å²) in [4.78, 5) is 4.51. The van der Waals surface area contributed by atoms with E-state index in [1.165, 1.54) is 11.8 Å². The lowest BCUT2D eigenvalue weighted by atomic mass is 10.1. The summed E-state index contributed by atoms with van der Waals surface area (Å²) in [6.45, 7) is 0.234. The Labute approximate surface area is 153 Å². The maximum Gasteiger partial charge on any atom is 0.247 e. The molecule has 3 aromatic rings. The first-order chi connectivity index (χ1) is 12.8. The predicted octanol–water partition coefficient (Wildman–Crippen LogP) is 3.49. The third-order valence-corrected chi connectivity index (χ3v) is 4.75. The van der Waals surface area contributed by atoms with Gasteiger partial charge in [0.1, 0.15) is 0 Å². The van der Waals surface area contributed by atoms with E-state index in [0.29, 0.717) is 22.5 Å². The van der Waals surface area contributed by atoms with Crippen LogP contribution in [0.25, 0.3) is 11.3 Å². The molecule has 0 aliphatic carbocycles. The molecule has 1 N–H and O–H groups in total. The number of thioether (sulfide) groups is 1. The summed E-state index contributed by atoms with van der Waals surface area (Å²) >= 11 is 1.42. The molecule has 2 aliphatic rings. The van der Waals surface area contributed by atoms with Crippen molar-refractivity contribution in [2.45, 2.75) is 11.4 Å². The number of fused-ring (bicyclic) bond motifs is 4. The predicted molar refractivity (Wildman–Crippen MR) is 96.6 cm³/mol. The van der Waals surface area contributed by atoms with Crippen molar-refractivity contribution in [3.8, 4) is 28.6 Å². The van der Waals surface area contributed by atoms with Gasteiger partial charge in [0.15, 0.2) is 23.4 Å². The Bertz CT molecular complexity index is 998. The van der Waals surface area contributed by atoms with E-state index in [2.05, 4.69) is 20.5 Å². The summed E-state index contributed by atoms with van der Waals surface area (Å²) in [5.74, 6) is 1.89. The molecule has 0 spiro atoms. The van der Waals surface area contributed by atoms with Crippen LogP contribution >= 0.6 is 11.8 Å². The standard InChI is InChI=1S/C18H14N4O3S/c1-26-18-20-17-15(21-22-18)11-4-2-3-5-12(11)19-16(25-17)10-6-7-13-14(8-10)24-9-23-13/h2-8,16,19H,9H2,1H3/t16-/m0/s1. The lowest BCUT2D eigenvalue weighted by Gasteiger charge is -2.19. The van der Waals surface area contributed by atoms with Crippen LogP contribution in [0.15, 0.2) is 47.6 Å². The van der Waals surface area contributed by atoms with Crippen molar-refractivity contribution in [3.05, 3.63) is 48.0 Å². The molecule has 0 unspecified atom stereocenters. The summed E-state index contributed by atoms with van der Waals surface area (Å²) in [6, 6.07) is 13.6.